The van der Waals surface area contributed by atoms with Crippen molar-refractivity contribution in [3.05, 3.63) is 18.6 Å². The molecule has 0 aliphatic rings. The Kier molecular flexibility index (Phi) is 0.687. The van der Waals surface area contributed by atoms with Crippen LogP contribution in [0.3, 0.4) is 0 Å². The molecule has 0 saturated heterocycles. The van der Waals surface area contributed by atoms with E-state index in [-0.39, 0.29) is 5.82 Å². The molecule has 3 nitrogen and oxygen atoms in total. The molecule has 42 valence electrons. The molecule has 0 saturated carbocycles. The van der Waals surface area contributed by atoms with Crippen LogP contribution >= 0.6 is 0 Å². The predicted molar refractivity (Wildman–Crippen MR) is 31.6 cm³/mol. The Hall–Kier alpha value is -1.12. The zero-order valence-electron chi connectivity index (χ0n) is 7.13. The summed E-state index contributed by atoms with van der Waals surface area (Å²) < 4.78 is 20.5. The second-order valence-corrected chi connectivity index (χ2v) is 1.22. The first kappa shape index (κ1) is 2.44. The van der Waals surface area contributed by atoms with E-state index in [4.69, 9.17) is 4.11 Å². The molecule has 0 atom stereocenters. The molecule has 0 spiro atoms. The van der Waals surface area contributed by atoms with Crippen molar-refractivity contribution in [1.82, 2.24) is 9.97 Å². The minimum atomic E-state index is -2.20. The summed E-state index contributed by atoms with van der Waals surface area (Å²) >= 11 is 0. The topological polar surface area (TPSA) is 37.8 Å². The summed E-state index contributed by atoms with van der Waals surface area (Å²) in [7, 11) is 0. The lowest BCUT2D eigenvalue weighted by molar-refractivity contribution is 1.19. The average molecular weight is 112 g/mol. The van der Waals surface area contributed by atoms with Crippen LogP contribution < -0.4 is 5.32 Å². The zero-order chi connectivity index (χ0) is 8.32. The van der Waals surface area contributed by atoms with Gasteiger partial charge in [0.15, 0.2) is 0 Å². The first-order valence-electron chi connectivity index (χ1n) is 3.62. The first-order valence-corrected chi connectivity index (χ1v) is 2.12. The van der Waals surface area contributed by atoms with Gasteiger partial charge in [-0.25, -0.2) is 4.98 Å². The summed E-state index contributed by atoms with van der Waals surface area (Å²) in [5, 5.41) is 2.21. The molecular formula is C5H7N3. The molecule has 3 heteroatoms. The Balaban J connectivity index is 2.66. The maximum absolute atomic E-state index is 6.82. The van der Waals surface area contributed by atoms with Gasteiger partial charge in [-0.1, -0.05) is 0 Å². The molecule has 0 aliphatic heterocycles. The van der Waals surface area contributed by atoms with Gasteiger partial charge >= 0.3 is 0 Å². The number of nitrogens with zero attached hydrogens (tertiary/aromatic N) is 2. The lowest BCUT2D eigenvalue weighted by Crippen LogP contribution is -1.90. The molecule has 0 fully saturated rings. The third-order valence-electron chi connectivity index (χ3n) is 0.691. The molecule has 0 aliphatic carbocycles. The number of aromatic nitrogens is 2. The Morgan fingerprint density at radius 2 is 2.75 bits per heavy atom. The van der Waals surface area contributed by atoms with E-state index in [1.165, 1.54) is 18.6 Å². The van der Waals surface area contributed by atoms with Crippen LogP contribution in [-0.4, -0.2) is 16.9 Å². The van der Waals surface area contributed by atoms with Gasteiger partial charge in [0.1, 0.15) is 5.82 Å². The quantitative estimate of drug-likeness (QED) is 0.575. The first-order chi connectivity index (χ1) is 5.08. The predicted octanol–water partition coefficient (Wildman–Crippen LogP) is 0.518. The fraction of sp³-hybridized carbons (Fsp3) is 0.200. The molecular weight excluding hydrogens is 102 g/mol. The Bertz CT molecular complexity index is 220. The highest BCUT2D eigenvalue weighted by atomic mass is 15.0. The van der Waals surface area contributed by atoms with Crippen LogP contribution in [-0.2, 0) is 0 Å². The number of hydrogen-bond acceptors (Lipinski definition) is 3. The van der Waals surface area contributed by atoms with Gasteiger partial charge in [0.2, 0.25) is 0 Å². The van der Waals surface area contributed by atoms with E-state index in [1.54, 1.807) is 0 Å². The van der Waals surface area contributed by atoms with E-state index in [1.807, 2.05) is 0 Å². The fourth-order valence-corrected chi connectivity index (χ4v) is 0.364. The molecule has 0 bridgehead atoms. The summed E-state index contributed by atoms with van der Waals surface area (Å²) in [6.07, 6.45) is 4.26. The van der Waals surface area contributed by atoms with Crippen molar-refractivity contribution in [3.63, 3.8) is 0 Å². The lowest BCUT2D eigenvalue weighted by Gasteiger charge is -1.92. The summed E-state index contributed by atoms with van der Waals surface area (Å²) in [6, 6.07) is 0. The van der Waals surface area contributed by atoms with Crippen molar-refractivity contribution in [3.8, 4) is 0 Å². The average Bonchev–Trinajstić information content (AvgIpc) is 1.85. The minimum Gasteiger partial charge on any atom is -0.372 e. The summed E-state index contributed by atoms with van der Waals surface area (Å²) in [6.45, 7) is -2.20. The second-order valence-electron chi connectivity index (χ2n) is 1.22. The van der Waals surface area contributed by atoms with E-state index in [2.05, 4.69) is 15.3 Å². The van der Waals surface area contributed by atoms with Crippen molar-refractivity contribution < 1.29 is 4.11 Å². The maximum atomic E-state index is 6.82. The van der Waals surface area contributed by atoms with Gasteiger partial charge in [0.05, 0.1) is 6.20 Å². The second kappa shape index (κ2) is 2.26. The third kappa shape index (κ3) is 0.932. The summed E-state index contributed by atoms with van der Waals surface area (Å²) in [5.41, 5.74) is 0. The van der Waals surface area contributed by atoms with Crippen molar-refractivity contribution in [2.75, 3.05) is 12.3 Å². The molecule has 1 heterocycles. The van der Waals surface area contributed by atoms with Gasteiger partial charge in [0.25, 0.3) is 0 Å². The minimum absolute atomic E-state index is 0.257. The highest BCUT2D eigenvalue weighted by Crippen LogP contribution is 1.91. The number of hydrogen-bond donors (Lipinski definition) is 1. The molecule has 1 N–H and O–H groups in total. The van der Waals surface area contributed by atoms with E-state index in [0.717, 1.165) is 0 Å². The van der Waals surface area contributed by atoms with E-state index in [9.17, 15) is 0 Å². The number of anilines is 1. The molecule has 1 rings (SSSR count). The van der Waals surface area contributed by atoms with Crippen LogP contribution in [0, 0.1) is 0 Å². The number of nitrogens with one attached hydrogen (secondary N) is 1. The van der Waals surface area contributed by atoms with Gasteiger partial charge in [-0.2, -0.15) is 0 Å². The van der Waals surface area contributed by atoms with Gasteiger partial charge in [0, 0.05) is 23.5 Å². The maximum Gasteiger partial charge on any atom is 0.144 e. The molecule has 0 amide bonds. The monoisotopic (exact) mass is 112 g/mol. The highest BCUT2D eigenvalue weighted by Gasteiger charge is 1.80. The normalized spacial score (nSPS) is 15.8. The van der Waals surface area contributed by atoms with Crippen LogP contribution in [0.5, 0.6) is 0 Å². The molecule has 0 unspecified atom stereocenters. The molecule has 1 aromatic rings. The van der Waals surface area contributed by atoms with Crippen molar-refractivity contribution in [2.45, 2.75) is 0 Å². The van der Waals surface area contributed by atoms with Crippen molar-refractivity contribution >= 4 is 5.82 Å². The van der Waals surface area contributed by atoms with Crippen LogP contribution in [0.1, 0.15) is 4.11 Å². The van der Waals surface area contributed by atoms with Crippen LogP contribution in [0.4, 0.5) is 5.82 Å². The summed E-state index contributed by atoms with van der Waals surface area (Å²) in [4.78, 5) is 7.42. The zero-order valence-corrected chi connectivity index (χ0v) is 4.13. The molecule has 8 heavy (non-hydrogen) atoms. The van der Waals surface area contributed by atoms with E-state index >= 15 is 0 Å². The lowest BCUT2D eigenvalue weighted by atomic mass is 10.7. The SMILES string of the molecule is [2H]C([2H])([2H])Nc1cnccn1. The van der Waals surface area contributed by atoms with Gasteiger partial charge in [-0.3, -0.25) is 4.98 Å². The molecule has 0 aromatic carbocycles. The van der Waals surface area contributed by atoms with E-state index < -0.39 is 6.98 Å². The Morgan fingerprint density at radius 1 is 1.75 bits per heavy atom. The van der Waals surface area contributed by atoms with Crippen LogP contribution in [0.15, 0.2) is 18.6 Å². The Labute approximate surface area is 52.0 Å². The van der Waals surface area contributed by atoms with Crippen LogP contribution in [0.2, 0.25) is 0 Å². The smallest absolute Gasteiger partial charge is 0.144 e. The largest absolute Gasteiger partial charge is 0.372 e. The fourth-order valence-electron chi connectivity index (χ4n) is 0.364. The van der Waals surface area contributed by atoms with Crippen molar-refractivity contribution in [1.29, 1.82) is 0 Å². The Morgan fingerprint density at radius 3 is 3.38 bits per heavy atom. The highest BCUT2D eigenvalue weighted by molar-refractivity contribution is 5.27. The van der Waals surface area contributed by atoms with Gasteiger partial charge in [-0.05, 0) is 0 Å². The van der Waals surface area contributed by atoms with E-state index in [0.29, 0.717) is 0 Å². The number of rotatable bonds is 1. The standard InChI is InChI=1S/C5H7N3/c1-6-5-4-7-2-3-8-5/h2-4H,1H3,(H,6,8)/i1D3. The molecule has 1 aromatic heterocycles. The van der Waals surface area contributed by atoms with Gasteiger partial charge < -0.3 is 5.32 Å². The van der Waals surface area contributed by atoms with Crippen LogP contribution in [0.25, 0.3) is 0 Å². The third-order valence-corrected chi connectivity index (χ3v) is 0.691. The van der Waals surface area contributed by atoms with Gasteiger partial charge in [-0.15, -0.1) is 0 Å². The summed E-state index contributed by atoms with van der Waals surface area (Å²) in [5.74, 6) is 0.257. The van der Waals surface area contributed by atoms with Crippen molar-refractivity contribution in [2.24, 2.45) is 0 Å². The molecule has 0 radical (unpaired) electrons.